The van der Waals surface area contributed by atoms with Crippen molar-refractivity contribution in [3.05, 3.63) is 29.2 Å². The number of aromatic nitrogens is 3. The van der Waals surface area contributed by atoms with Gasteiger partial charge in [-0.1, -0.05) is 0 Å². The molecule has 3 heterocycles. The molecule has 7 heteroatoms. The Morgan fingerprint density at radius 3 is 2.70 bits per heavy atom. The minimum atomic E-state index is -0.859. The normalized spacial score (nSPS) is 15.4. The molecule has 0 spiro atoms. The summed E-state index contributed by atoms with van der Waals surface area (Å²) in [5, 5.41) is 13.1. The number of carbonyl (C=O) groups excluding carboxylic acids is 1. The molecule has 0 aromatic carbocycles. The second kappa shape index (κ2) is 4.29. The van der Waals surface area contributed by atoms with Crippen LogP contribution in [0, 0.1) is 19.8 Å². The van der Waals surface area contributed by atoms with Gasteiger partial charge < -0.3 is 10.0 Å². The Balaban J connectivity index is 1.89. The first-order valence-corrected chi connectivity index (χ1v) is 6.31. The van der Waals surface area contributed by atoms with E-state index in [4.69, 9.17) is 5.11 Å². The van der Waals surface area contributed by atoms with Gasteiger partial charge in [0.15, 0.2) is 5.65 Å². The van der Waals surface area contributed by atoms with Gasteiger partial charge in [-0.25, -0.2) is 9.50 Å². The van der Waals surface area contributed by atoms with Gasteiger partial charge in [0.2, 0.25) is 0 Å². The van der Waals surface area contributed by atoms with Gasteiger partial charge in [0, 0.05) is 25.4 Å². The fourth-order valence-corrected chi connectivity index (χ4v) is 2.34. The first kappa shape index (κ1) is 12.6. The molecule has 1 N–H and O–H groups in total. The molecule has 0 bridgehead atoms. The third-order valence-corrected chi connectivity index (χ3v) is 3.59. The molecule has 1 aliphatic rings. The van der Waals surface area contributed by atoms with Gasteiger partial charge in [-0.15, -0.1) is 0 Å². The molecule has 1 aliphatic heterocycles. The highest BCUT2D eigenvalue weighted by atomic mass is 16.4. The molecular formula is C13H14N4O3. The number of aliphatic carboxylic acids is 1. The molecule has 104 valence electrons. The van der Waals surface area contributed by atoms with Crippen molar-refractivity contribution in [1.29, 1.82) is 0 Å². The Bertz CT molecular complexity index is 716. The second-order valence-electron chi connectivity index (χ2n) is 5.06. The molecule has 0 aliphatic carbocycles. The van der Waals surface area contributed by atoms with E-state index in [1.165, 1.54) is 11.1 Å². The molecule has 20 heavy (non-hydrogen) atoms. The lowest BCUT2D eigenvalue weighted by Gasteiger charge is -2.36. The molecule has 1 fully saturated rings. The van der Waals surface area contributed by atoms with Crippen molar-refractivity contribution in [3.63, 3.8) is 0 Å². The Hall–Kier alpha value is -2.44. The molecule has 0 saturated carbocycles. The van der Waals surface area contributed by atoms with Crippen LogP contribution in [0.15, 0.2) is 12.3 Å². The van der Waals surface area contributed by atoms with Crippen molar-refractivity contribution >= 4 is 17.5 Å². The monoisotopic (exact) mass is 274 g/mol. The largest absolute Gasteiger partial charge is 0.481 e. The average Bonchev–Trinajstić information content (AvgIpc) is 2.68. The number of carboxylic acid groups (broad SMARTS) is 1. The number of fused-ring (bicyclic) bond motifs is 1. The molecule has 1 saturated heterocycles. The fourth-order valence-electron chi connectivity index (χ4n) is 2.34. The number of aryl methyl sites for hydroxylation is 2. The molecular weight excluding hydrogens is 260 g/mol. The summed E-state index contributed by atoms with van der Waals surface area (Å²) in [7, 11) is 0. The summed E-state index contributed by atoms with van der Waals surface area (Å²) in [6, 6.07) is 1.84. The van der Waals surface area contributed by atoms with Gasteiger partial charge in [0.05, 0.1) is 22.9 Å². The van der Waals surface area contributed by atoms with Gasteiger partial charge in [-0.2, -0.15) is 5.10 Å². The molecule has 2 aromatic heterocycles. The van der Waals surface area contributed by atoms with Crippen LogP contribution in [-0.2, 0) is 4.79 Å². The molecule has 0 unspecified atom stereocenters. The van der Waals surface area contributed by atoms with Crippen LogP contribution in [0.3, 0.4) is 0 Å². The molecule has 0 radical (unpaired) electrons. The topological polar surface area (TPSA) is 87.8 Å². The van der Waals surface area contributed by atoms with Crippen LogP contribution in [0.5, 0.6) is 0 Å². The highest BCUT2D eigenvalue weighted by Crippen LogP contribution is 2.20. The van der Waals surface area contributed by atoms with Crippen LogP contribution in [0.4, 0.5) is 0 Å². The van der Waals surface area contributed by atoms with Gasteiger partial charge in [-0.3, -0.25) is 9.59 Å². The molecule has 1 amide bonds. The predicted octanol–water partition coefficient (Wildman–Crippen LogP) is 0.503. The number of nitrogens with zero attached hydrogens (tertiary/aromatic N) is 4. The summed E-state index contributed by atoms with van der Waals surface area (Å²) in [5.41, 5.74) is 2.71. The van der Waals surface area contributed by atoms with E-state index in [9.17, 15) is 9.59 Å². The van der Waals surface area contributed by atoms with Crippen molar-refractivity contribution < 1.29 is 14.7 Å². The summed E-state index contributed by atoms with van der Waals surface area (Å²) in [5.74, 6) is -1.51. The molecule has 7 nitrogen and oxygen atoms in total. The summed E-state index contributed by atoms with van der Waals surface area (Å²) in [6.45, 7) is 4.18. The van der Waals surface area contributed by atoms with E-state index in [0.29, 0.717) is 16.9 Å². The van der Waals surface area contributed by atoms with Crippen LogP contribution in [0.1, 0.15) is 21.7 Å². The number of hydrogen-bond donors (Lipinski definition) is 1. The van der Waals surface area contributed by atoms with E-state index < -0.39 is 11.9 Å². The molecule has 3 rings (SSSR count). The number of amides is 1. The lowest BCUT2D eigenvalue weighted by Crippen LogP contribution is -2.53. The van der Waals surface area contributed by atoms with Gasteiger partial charge >= 0.3 is 5.97 Å². The van der Waals surface area contributed by atoms with Crippen LogP contribution in [0.2, 0.25) is 0 Å². The van der Waals surface area contributed by atoms with E-state index in [2.05, 4.69) is 10.1 Å². The average molecular weight is 274 g/mol. The SMILES string of the molecule is Cc1cc2ncc(C(=O)N3CC(C(=O)O)C3)c(C)n2n1. The van der Waals surface area contributed by atoms with Crippen molar-refractivity contribution in [2.75, 3.05) is 13.1 Å². The second-order valence-corrected chi connectivity index (χ2v) is 5.06. The van der Waals surface area contributed by atoms with Gasteiger partial charge in [0.1, 0.15) is 0 Å². The summed E-state index contributed by atoms with van der Waals surface area (Å²) in [6.07, 6.45) is 1.53. The predicted molar refractivity (Wildman–Crippen MR) is 69.5 cm³/mol. The van der Waals surface area contributed by atoms with E-state index in [1.54, 1.807) is 4.52 Å². The first-order chi connectivity index (χ1) is 9.47. The maximum atomic E-state index is 12.3. The minimum Gasteiger partial charge on any atom is -0.481 e. The van der Waals surface area contributed by atoms with E-state index in [0.717, 1.165) is 5.69 Å². The van der Waals surface area contributed by atoms with Crippen molar-refractivity contribution in [3.8, 4) is 0 Å². The zero-order valence-corrected chi connectivity index (χ0v) is 11.2. The summed E-state index contributed by atoms with van der Waals surface area (Å²) < 4.78 is 1.64. The van der Waals surface area contributed by atoms with Crippen LogP contribution in [-0.4, -0.2) is 49.6 Å². The van der Waals surface area contributed by atoms with E-state index in [-0.39, 0.29) is 19.0 Å². The third kappa shape index (κ3) is 1.82. The Labute approximate surface area is 114 Å². The quantitative estimate of drug-likeness (QED) is 0.861. The number of likely N-dealkylation sites (tertiary alicyclic amines) is 1. The smallest absolute Gasteiger partial charge is 0.310 e. The van der Waals surface area contributed by atoms with Crippen molar-refractivity contribution in [1.82, 2.24) is 19.5 Å². The van der Waals surface area contributed by atoms with Crippen LogP contribution >= 0.6 is 0 Å². The number of rotatable bonds is 2. The first-order valence-electron chi connectivity index (χ1n) is 6.31. The van der Waals surface area contributed by atoms with E-state index in [1.807, 2.05) is 19.9 Å². The van der Waals surface area contributed by atoms with Crippen LogP contribution < -0.4 is 0 Å². The highest BCUT2D eigenvalue weighted by Gasteiger charge is 2.36. The highest BCUT2D eigenvalue weighted by molar-refractivity contribution is 5.96. The zero-order valence-electron chi connectivity index (χ0n) is 11.2. The fraction of sp³-hybridized carbons (Fsp3) is 0.385. The standard InChI is InChI=1S/C13H14N4O3/c1-7-3-11-14-4-10(8(2)17(11)15-7)12(18)16-5-9(6-16)13(19)20/h3-4,9H,5-6H2,1-2H3,(H,19,20). The van der Waals surface area contributed by atoms with Crippen molar-refractivity contribution in [2.45, 2.75) is 13.8 Å². The van der Waals surface area contributed by atoms with E-state index >= 15 is 0 Å². The van der Waals surface area contributed by atoms with Crippen molar-refractivity contribution in [2.24, 2.45) is 5.92 Å². The lowest BCUT2D eigenvalue weighted by molar-refractivity contribution is -0.146. The third-order valence-electron chi connectivity index (χ3n) is 3.59. The maximum absolute atomic E-state index is 12.3. The Morgan fingerprint density at radius 1 is 1.35 bits per heavy atom. The number of carbonyl (C=O) groups is 2. The lowest BCUT2D eigenvalue weighted by atomic mass is 9.99. The van der Waals surface area contributed by atoms with Crippen LogP contribution in [0.25, 0.3) is 5.65 Å². The number of carboxylic acids is 1. The number of hydrogen-bond acceptors (Lipinski definition) is 4. The van der Waals surface area contributed by atoms with Gasteiger partial charge in [-0.05, 0) is 13.8 Å². The maximum Gasteiger partial charge on any atom is 0.310 e. The zero-order chi connectivity index (χ0) is 14.4. The van der Waals surface area contributed by atoms with Gasteiger partial charge in [0.25, 0.3) is 5.91 Å². The summed E-state index contributed by atoms with van der Waals surface area (Å²) >= 11 is 0. The Kier molecular flexibility index (Phi) is 2.70. The minimum absolute atomic E-state index is 0.192. The molecule has 0 atom stereocenters. The molecule has 2 aromatic rings. The Morgan fingerprint density at radius 2 is 2.05 bits per heavy atom. The summed E-state index contributed by atoms with van der Waals surface area (Å²) in [4.78, 5) is 28.8.